The Hall–Kier alpha value is -1.95. The summed E-state index contributed by atoms with van der Waals surface area (Å²) in [6, 6.07) is 0.538. The molecule has 6 nitrogen and oxygen atoms in total. The van der Waals surface area contributed by atoms with Gasteiger partial charge in [-0.3, -0.25) is 9.88 Å². The maximum absolute atomic E-state index is 5.08. The minimum absolute atomic E-state index is 0.538. The van der Waals surface area contributed by atoms with Crippen molar-refractivity contribution in [3.05, 3.63) is 36.1 Å². The lowest BCUT2D eigenvalue weighted by molar-refractivity contribution is 0.195. The first kappa shape index (κ1) is 12.1. The Morgan fingerprint density at radius 3 is 2.84 bits per heavy atom. The molecular weight excluding hydrogens is 242 g/mol. The lowest BCUT2D eigenvalue weighted by Gasteiger charge is -2.44. The standard InChI is InChI=1S/C13H17N5O/c1-10-11(5-16-19-10)7-17(2)12-8-18(9-12)13-6-14-3-4-15-13/h3-6,12H,7-9H2,1-2H3. The number of nitrogens with zero attached hydrogens (tertiary/aromatic N) is 5. The van der Waals surface area contributed by atoms with E-state index in [1.807, 2.05) is 6.92 Å². The topological polar surface area (TPSA) is 58.3 Å². The summed E-state index contributed by atoms with van der Waals surface area (Å²) in [6.45, 7) is 4.79. The quantitative estimate of drug-likeness (QED) is 0.819. The van der Waals surface area contributed by atoms with Crippen LogP contribution in [-0.4, -0.2) is 46.2 Å². The molecule has 0 aliphatic carbocycles. The zero-order valence-electron chi connectivity index (χ0n) is 11.2. The van der Waals surface area contributed by atoms with Crippen LogP contribution in [0.15, 0.2) is 29.3 Å². The van der Waals surface area contributed by atoms with E-state index in [1.54, 1.807) is 24.8 Å². The molecule has 3 heterocycles. The van der Waals surface area contributed by atoms with Gasteiger partial charge in [0.2, 0.25) is 0 Å². The Morgan fingerprint density at radius 2 is 2.21 bits per heavy atom. The van der Waals surface area contributed by atoms with Crippen LogP contribution in [0.5, 0.6) is 0 Å². The van der Waals surface area contributed by atoms with E-state index in [-0.39, 0.29) is 0 Å². The highest BCUT2D eigenvalue weighted by atomic mass is 16.5. The minimum atomic E-state index is 0.538. The Bertz CT molecular complexity index is 535. The van der Waals surface area contributed by atoms with E-state index in [2.05, 4.69) is 32.0 Å². The second-order valence-electron chi connectivity index (χ2n) is 4.94. The first-order valence-corrected chi connectivity index (χ1v) is 6.35. The van der Waals surface area contributed by atoms with E-state index in [9.17, 15) is 0 Å². The largest absolute Gasteiger partial charge is 0.361 e. The van der Waals surface area contributed by atoms with Crippen LogP contribution >= 0.6 is 0 Å². The van der Waals surface area contributed by atoms with E-state index in [0.29, 0.717) is 6.04 Å². The predicted octanol–water partition coefficient (Wildman–Crippen LogP) is 1.09. The van der Waals surface area contributed by atoms with Crippen molar-refractivity contribution in [3.8, 4) is 0 Å². The molecule has 0 unspecified atom stereocenters. The van der Waals surface area contributed by atoms with Crippen LogP contribution in [0.1, 0.15) is 11.3 Å². The molecule has 1 aliphatic heterocycles. The van der Waals surface area contributed by atoms with Gasteiger partial charge in [0.15, 0.2) is 0 Å². The monoisotopic (exact) mass is 259 g/mol. The van der Waals surface area contributed by atoms with Crippen molar-refractivity contribution < 1.29 is 4.52 Å². The van der Waals surface area contributed by atoms with E-state index in [1.165, 1.54) is 0 Å². The van der Waals surface area contributed by atoms with Gasteiger partial charge in [-0.05, 0) is 14.0 Å². The Kier molecular flexibility index (Phi) is 3.16. The minimum Gasteiger partial charge on any atom is -0.361 e. The van der Waals surface area contributed by atoms with Crippen molar-refractivity contribution >= 4 is 5.82 Å². The van der Waals surface area contributed by atoms with Gasteiger partial charge < -0.3 is 9.42 Å². The second-order valence-corrected chi connectivity index (χ2v) is 4.94. The van der Waals surface area contributed by atoms with Crippen molar-refractivity contribution in [2.45, 2.75) is 19.5 Å². The van der Waals surface area contributed by atoms with E-state index < -0.39 is 0 Å². The third-order valence-electron chi connectivity index (χ3n) is 3.63. The van der Waals surface area contributed by atoms with Gasteiger partial charge in [-0.15, -0.1) is 0 Å². The molecule has 6 heteroatoms. The molecular formula is C13H17N5O. The van der Waals surface area contributed by atoms with Crippen LogP contribution in [0, 0.1) is 6.92 Å². The third-order valence-corrected chi connectivity index (χ3v) is 3.63. The van der Waals surface area contributed by atoms with Crippen LogP contribution in [0.3, 0.4) is 0 Å². The summed E-state index contributed by atoms with van der Waals surface area (Å²) < 4.78 is 5.08. The zero-order chi connectivity index (χ0) is 13.2. The fraction of sp³-hybridized carbons (Fsp3) is 0.462. The molecule has 0 atom stereocenters. The van der Waals surface area contributed by atoms with Gasteiger partial charge in [0.1, 0.15) is 11.6 Å². The SMILES string of the molecule is Cc1oncc1CN(C)C1CN(c2cnccn2)C1. The van der Waals surface area contributed by atoms with Crippen LogP contribution < -0.4 is 4.90 Å². The summed E-state index contributed by atoms with van der Waals surface area (Å²) in [5, 5.41) is 3.81. The van der Waals surface area contributed by atoms with Gasteiger partial charge >= 0.3 is 0 Å². The lowest BCUT2D eigenvalue weighted by Crippen LogP contribution is -2.58. The van der Waals surface area contributed by atoms with Crippen molar-refractivity contribution in [3.63, 3.8) is 0 Å². The number of aryl methyl sites for hydroxylation is 1. The average molecular weight is 259 g/mol. The molecule has 1 fully saturated rings. The molecule has 100 valence electrons. The Labute approximate surface area is 112 Å². The van der Waals surface area contributed by atoms with Crippen LogP contribution in [0.25, 0.3) is 0 Å². The molecule has 3 rings (SSSR count). The first-order chi connectivity index (χ1) is 9.24. The molecule has 0 radical (unpaired) electrons. The van der Waals surface area contributed by atoms with Crippen molar-refractivity contribution in [2.75, 3.05) is 25.0 Å². The normalized spacial score (nSPS) is 15.8. The fourth-order valence-electron chi connectivity index (χ4n) is 2.24. The summed E-state index contributed by atoms with van der Waals surface area (Å²) in [4.78, 5) is 13.0. The molecule has 0 spiro atoms. The van der Waals surface area contributed by atoms with Gasteiger partial charge in [-0.2, -0.15) is 0 Å². The van der Waals surface area contributed by atoms with E-state index in [0.717, 1.165) is 36.8 Å². The number of rotatable bonds is 4. The molecule has 2 aromatic rings. The maximum Gasteiger partial charge on any atom is 0.147 e. The van der Waals surface area contributed by atoms with Gasteiger partial charge in [-0.25, -0.2) is 4.98 Å². The van der Waals surface area contributed by atoms with Crippen molar-refractivity contribution in [1.29, 1.82) is 0 Å². The summed E-state index contributed by atoms with van der Waals surface area (Å²) in [5.41, 5.74) is 1.15. The molecule has 1 aliphatic rings. The molecule has 0 saturated carbocycles. The van der Waals surface area contributed by atoms with Crippen LogP contribution in [0.4, 0.5) is 5.82 Å². The zero-order valence-corrected chi connectivity index (χ0v) is 11.2. The van der Waals surface area contributed by atoms with Crippen LogP contribution in [-0.2, 0) is 6.54 Å². The Morgan fingerprint density at radius 1 is 1.37 bits per heavy atom. The van der Waals surface area contributed by atoms with E-state index in [4.69, 9.17) is 4.52 Å². The number of hydrogen-bond donors (Lipinski definition) is 0. The third kappa shape index (κ3) is 2.44. The second kappa shape index (κ2) is 4.97. The lowest BCUT2D eigenvalue weighted by atomic mass is 10.1. The summed E-state index contributed by atoms with van der Waals surface area (Å²) in [6.07, 6.45) is 7.03. The van der Waals surface area contributed by atoms with Gasteiger partial charge in [0.05, 0.1) is 12.4 Å². The van der Waals surface area contributed by atoms with E-state index >= 15 is 0 Å². The summed E-state index contributed by atoms with van der Waals surface area (Å²) in [5.74, 6) is 1.85. The number of likely N-dealkylation sites (N-methyl/N-ethyl adjacent to an activating group) is 1. The predicted molar refractivity (Wildman–Crippen MR) is 70.7 cm³/mol. The van der Waals surface area contributed by atoms with Gasteiger partial charge in [0.25, 0.3) is 0 Å². The Balaban J connectivity index is 1.55. The number of hydrogen-bond acceptors (Lipinski definition) is 6. The molecule has 0 N–H and O–H groups in total. The highest BCUT2D eigenvalue weighted by Gasteiger charge is 2.31. The van der Waals surface area contributed by atoms with Gasteiger partial charge in [0, 0.05) is 43.6 Å². The number of anilines is 1. The molecule has 0 bridgehead atoms. The molecule has 1 saturated heterocycles. The fourth-order valence-corrected chi connectivity index (χ4v) is 2.24. The van der Waals surface area contributed by atoms with Crippen LogP contribution in [0.2, 0.25) is 0 Å². The number of aromatic nitrogens is 3. The highest BCUT2D eigenvalue weighted by Crippen LogP contribution is 2.21. The summed E-state index contributed by atoms with van der Waals surface area (Å²) in [7, 11) is 2.13. The maximum atomic E-state index is 5.08. The molecule has 2 aromatic heterocycles. The summed E-state index contributed by atoms with van der Waals surface area (Å²) >= 11 is 0. The van der Waals surface area contributed by atoms with Crippen molar-refractivity contribution in [2.24, 2.45) is 0 Å². The average Bonchev–Trinajstić information content (AvgIpc) is 2.74. The highest BCUT2D eigenvalue weighted by molar-refractivity contribution is 5.39. The van der Waals surface area contributed by atoms with Gasteiger partial charge in [-0.1, -0.05) is 5.16 Å². The molecule has 0 aromatic carbocycles. The van der Waals surface area contributed by atoms with Crippen molar-refractivity contribution in [1.82, 2.24) is 20.0 Å². The molecule has 0 amide bonds. The molecule has 19 heavy (non-hydrogen) atoms. The first-order valence-electron chi connectivity index (χ1n) is 6.35. The smallest absolute Gasteiger partial charge is 0.147 e.